The van der Waals surface area contributed by atoms with Crippen LogP contribution in [0.15, 0.2) is 24.3 Å². The first-order valence-electron chi connectivity index (χ1n) is 6.18. The number of benzene rings is 1. The van der Waals surface area contributed by atoms with Crippen LogP contribution in [0.3, 0.4) is 0 Å². The van der Waals surface area contributed by atoms with Crippen LogP contribution < -0.4 is 0 Å². The molecule has 0 saturated heterocycles. The molecule has 0 spiro atoms. The summed E-state index contributed by atoms with van der Waals surface area (Å²) in [5.41, 5.74) is 2.51. The van der Waals surface area contributed by atoms with Gasteiger partial charge < -0.3 is 5.11 Å². The Morgan fingerprint density at radius 2 is 2.11 bits per heavy atom. The zero-order valence-electron chi connectivity index (χ0n) is 10.9. The predicted octanol–water partition coefficient (Wildman–Crippen LogP) is 3.35. The average Bonchev–Trinajstić information content (AvgIpc) is 2.81. The molecule has 0 fully saturated rings. The standard InChI is InChI=1S/C14H15ClN2O2/c1-3-9-8-10(4-2)17(16-9)12-7-5-6-11(15)13(12)14(18)19/h5-8H,3-4H2,1-2H3,(H,18,19). The van der Waals surface area contributed by atoms with Gasteiger partial charge in [0.2, 0.25) is 0 Å². The normalized spacial score (nSPS) is 10.7. The van der Waals surface area contributed by atoms with E-state index < -0.39 is 5.97 Å². The van der Waals surface area contributed by atoms with Crippen molar-refractivity contribution in [3.8, 4) is 5.69 Å². The van der Waals surface area contributed by atoms with Crippen LogP contribution in [-0.4, -0.2) is 20.9 Å². The molecular weight excluding hydrogens is 264 g/mol. The van der Waals surface area contributed by atoms with Gasteiger partial charge in [0.15, 0.2) is 0 Å². The number of carboxylic acids is 1. The Morgan fingerprint density at radius 1 is 1.37 bits per heavy atom. The van der Waals surface area contributed by atoms with Crippen molar-refractivity contribution in [2.24, 2.45) is 0 Å². The molecule has 1 N–H and O–H groups in total. The molecule has 1 heterocycles. The summed E-state index contributed by atoms with van der Waals surface area (Å²) in [6.45, 7) is 4.03. The highest BCUT2D eigenvalue weighted by Crippen LogP contribution is 2.24. The van der Waals surface area contributed by atoms with Crippen LogP contribution in [0.4, 0.5) is 0 Å². The van der Waals surface area contributed by atoms with Gasteiger partial charge in [0.25, 0.3) is 0 Å². The molecule has 0 amide bonds. The zero-order chi connectivity index (χ0) is 14.0. The summed E-state index contributed by atoms with van der Waals surface area (Å²) in [6.07, 6.45) is 1.58. The van der Waals surface area contributed by atoms with Crippen LogP contribution in [0.2, 0.25) is 5.02 Å². The number of hydrogen-bond donors (Lipinski definition) is 1. The summed E-state index contributed by atoms with van der Waals surface area (Å²) >= 11 is 5.99. The number of hydrogen-bond acceptors (Lipinski definition) is 2. The van der Waals surface area contributed by atoms with E-state index in [1.165, 1.54) is 0 Å². The number of aromatic nitrogens is 2. The third-order valence-electron chi connectivity index (χ3n) is 2.99. The number of carbonyl (C=O) groups is 1. The Bertz CT molecular complexity index is 620. The summed E-state index contributed by atoms with van der Waals surface area (Å²) in [5, 5.41) is 14.0. The highest BCUT2D eigenvalue weighted by molar-refractivity contribution is 6.34. The van der Waals surface area contributed by atoms with Crippen molar-refractivity contribution in [2.45, 2.75) is 26.7 Å². The monoisotopic (exact) mass is 278 g/mol. The Hall–Kier alpha value is -1.81. The molecule has 0 bridgehead atoms. The molecule has 2 aromatic rings. The molecule has 0 radical (unpaired) electrons. The Balaban J connectivity index is 2.68. The Kier molecular flexibility index (Phi) is 3.90. The highest BCUT2D eigenvalue weighted by Gasteiger charge is 2.18. The number of halogens is 1. The second kappa shape index (κ2) is 5.45. The highest BCUT2D eigenvalue weighted by atomic mass is 35.5. The number of aryl methyl sites for hydroxylation is 2. The fraction of sp³-hybridized carbons (Fsp3) is 0.286. The van der Waals surface area contributed by atoms with Crippen LogP contribution in [-0.2, 0) is 12.8 Å². The Labute approximate surface area is 116 Å². The fourth-order valence-corrected chi connectivity index (χ4v) is 2.26. The third kappa shape index (κ3) is 2.49. The fourth-order valence-electron chi connectivity index (χ4n) is 2.01. The second-order valence-electron chi connectivity index (χ2n) is 4.19. The van der Waals surface area contributed by atoms with Gasteiger partial charge in [0.05, 0.1) is 16.4 Å². The maximum absolute atomic E-state index is 11.4. The van der Waals surface area contributed by atoms with Crippen molar-refractivity contribution < 1.29 is 9.90 Å². The molecule has 1 aromatic heterocycles. The van der Waals surface area contributed by atoms with Gasteiger partial charge in [-0.15, -0.1) is 0 Å². The van der Waals surface area contributed by atoms with Crippen LogP contribution >= 0.6 is 11.6 Å². The minimum Gasteiger partial charge on any atom is -0.478 e. The average molecular weight is 279 g/mol. The summed E-state index contributed by atoms with van der Waals surface area (Å²) in [5.74, 6) is -1.05. The van der Waals surface area contributed by atoms with E-state index in [-0.39, 0.29) is 10.6 Å². The van der Waals surface area contributed by atoms with Crippen molar-refractivity contribution >= 4 is 17.6 Å². The second-order valence-corrected chi connectivity index (χ2v) is 4.59. The third-order valence-corrected chi connectivity index (χ3v) is 3.31. The predicted molar refractivity (Wildman–Crippen MR) is 74.3 cm³/mol. The van der Waals surface area contributed by atoms with E-state index in [0.717, 1.165) is 24.2 Å². The number of rotatable bonds is 4. The van der Waals surface area contributed by atoms with Gasteiger partial charge in [-0.3, -0.25) is 0 Å². The van der Waals surface area contributed by atoms with Crippen LogP contribution in [0.25, 0.3) is 5.69 Å². The van der Waals surface area contributed by atoms with E-state index in [1.807, 2.05) is 19.9 Å². The molecule has 0 atom stereocenters. The van der Waals surface area contributed by atoms with Crippen molar-refractivity contribution in [3.63, 3.8) is 0 Å². The maximum Gasteiger partial charge on any atom is 0.339 e. The molecule has 5 heteroatoms. The molecule has 19 heavy (non-hydrogen) atoms. The largest absolute Gasteiger partial charge is 0.478 e. The minimum absolute atomic E-state index is 0.0876. The van der Waals surface area contributed by atoms with Crippen LogP contribution in [0, 0.1) is 0 Å². The molecule has 100 valence electrons. The molecular formula is C14H15ClN2O2. The lowest BCUT2D eigenvalue weighted by Gasteiger charge is -2.10. The van der Waals surface area contributed by atoms with Gasteiger partial charge in [-0.2, -0.15) is 5.10 Å². The van der Waals surface area contributed by atoms with E-state index in [4.69, 9.17) is 11.6 Å². The summed E-state index contributed by atoms with van der Waals surface area (Å²) in [4.78, 5) is 11.4. The maximum atomic E-state index is 11.4. The van der Waals surface area contributed by atoms with Crippen molar-refractivity contribution in [1.82, 2.24) is 9.78 Å². The minimum atomic E-state index is -1.05. The molecule has 1 aromatic carbocycles. The lowest BCUT2D eigenvalue weighted by Crippen LogP contribution is -2.09. The first-order chi connectivity index (χ1) is 9.08. The summed E-state index contributed by atoms with van der Waals surface area (Å²) < 4.78 is 1.67. The molecule has 0 aliphatic rings. The molecule has 0 unspecified atom stereocenters. The molecule has 0 saturated carbocycles. The van der Waals surface area contributed by atoms with Gasteiger partial charge in [0.1, 0.15) is 5.56 Å². The quantitative estimate of drug-likeness (QED) is 0.933. The first-order valence-corrected chi connectivity index (χ1v) is 6.56. The van der Waals surface area contributed by atoms with E-state index in [2.05, 4.69) is 5.10 Å². The SMILES string of the molecule is CCc1cc(CC)n(-c2cccc(Cl)c2C(=O)O)n1. The van der Waals surface area contributed by atoms with E-state index >= 15 is 0 Å². The van der Waals surface area contributed by atoms with Gasteiger partial charge in [-0.1, -0.05) is 31.5 Å². The smallest absolute Gasteiger partial charge is 0.339 e. The van der Waals surface area contributed by atoms with Crippen LogP contribution in [0.5, 0.6) is 0 Å². The van der Waals surface area contributed by atoms with Crippen molar-refractivity contribution in [1.29, 1.82) is 0 Å². The number of nitrogens with zero attached hydrogens (tertiary/aromatic N) is 2. The lowest BCUT2D eigenvalue weighted by molar-refractivity contribution is 0.0697. The summed E-state index contributed by atoms with van der Waals surface area (Å²) in [7, 11) is 0. The van der Waals surface area contributed by atoms with Crippen LogP contribution in [0.1, 0.15) is 35.6 Å². The topological polar surface area (TPSA) is 55.1 Å². The molecule has 0 aliphatic carbocycles. The van der Waals surface area contributed by atoms with Crippen molar-refractivity contribution in [2.75, 3.05) is 0 Å². The van der Waals surface area contributed by atoms with E-state index in [9.17, 15) is 9.90 Å². The molecule has 0 aliphatic heterocycles. The summed E-state index contributed by atoms with van der Waals surface area (Å²) in [6, 6.07) is 7.02. The van der Waals surface area contributed by atoms with E-state index in [0.29, 0.717) is 5.69 Å². The number of carboxylic acid groups (broad SMARTS) is 1. The lowest BCUT2D eigenvalue weighted by atomic mass is 10.1. The Morgan fingerprint density at radius 3 is 2.68 bits per heavy atom. The van der Waals surface area contributed by atoms with Gasteiger partial charge in [-0.25, -0.2) is 9.48 Å². The van der Waals surface area contributed by atoms with E-state index in [1.54, 1.807) is 22.9 Å². The number of aromatic carboxylic acids is 1. The van der Waals surface area contributed by atoms with Gasteiger partial charge in [-0.05, 0) is 31.0 Å². The van der Waals surface area contributed by atoms with Gasteiger partial charge >= 0.3 is 5.97 Å². The molecule has 4 nitrogen and oxygen atoms in total. The first kappa shape index (κ1) is 13.6. The molecule has 2 rings (SSSR count). The van der Waals surface area contributed by atoms with Gasteiger partial charge in [0, 0.05) is 5.69 Å². The van der Waals surface area contributed by atoms with Crippen molar-refractivity contribution in [3.05, 3.63) is 46.2 Å². The zero-order valence-corrected chi connectivity index (χ0v) is 11.6.